The molecule has 4 N–H and O–H groups in total. The van der Waals surface area contributed by atoms with Gasteiger partial charge < -0.3 is 35.1 Å². The highest BCUT2D eigenvalue weighted by atomic mass is 16.6. The highest BCUT2D eigenvalue weighted by Gasteiger charge is 2.24. The third kappa shape index (κ3) is 11.1. The molecule has 11 heteroatoms. The molecule has 0 saturated heterocycles. The van der Waals surface area contributed by atoms with Crippen molar-refractivity contribution in [3.05, 3.63) is 65.2 Å². The van der Waals surface area contributed by atoms with Crippen molar-refractivity contribution in [1.29, 1.82) is 0 Å². The Morgan fingerprint density at radius 1 is 1.02 bits per heavy atom. The number of carbonyl (C=O) groups excluding carboxylic acids is 3. The molecule has 2 aromatic carbocycles. The Hall–Kier alpha value is -4.54. The van der Waals surface area contributed by atoms with E-state index in [1.165, 1.54) is 19.3 Å². The molecule has 0 bridgehead atoms. The van der Waals surface area contributed by atoms with E-state index in [1.54, 1.807) is 57.2 Å². The first-order valence-corrected chi connectivity index (χ1v) is 12.7. The lowest BCUT2D eigenvalue weighted by Gasteiger charge is -2.23. The summed E-state index contributed by atoms with van der Waals surface area (Å²) in [6.07, 6.45) is 3.02. The Balaban J connectivity index is 1.94. The maximum Gasteiger partial charge on any atom is 0.408 e. The van der Waals surface area contributed by atoms with E-state index in [0.717, 1.165) is 11.6 Å². The van der Waals surface area contributed by atoms with E-state index >= 15 is 0 Å². The number of hydrogen-bond donors (Lipinski definition) is 4. The normalized spacial score (nSPS) is 11.9. The molecule has 0 fully saturated rings. The number of esters is 1. The van der Waals surface area contributed by atoms with Crippen molar-refractivity contribution in [2.24, 2.45) is 0 Å². The summed E-state index contributed by atoms with van der Waals surface area (Å²) in [5, 5.41) is 24.1. The van der Waals surface area contributed by atoms with Gasteiger partial charge in [0.25, 0.3) is 0 Å². The molecule has 2 amide bonds. The van der Waals surface area contributed by atoms with Crippen molar-refractivity contribution in [3.8, 4) is 11.5 Å². The largest absolute Gasteiger partial charge is 0.507 e. The number of carboxylic acids is 1. The molecule has 0 heterocycles. The zero-order valence-corrected chi connectivity index (χ0v) is 23.1. The van der Waals surface area contributed by atoms with Crippen LogP contribution in [-0.2, 0) is 25.5 Å². The number of amides is 2. The quantitative estimate of drug-likeness (QED) is 0.164. The second-order valence-electron chi connectivity index (χ2n) is 9.80. The topological polar surface area (TPSA) is 160 Å². The average molecular weight is 557 g/mol. The fourth-order valence-corrected chi connectivity index (χ4v) is 3.52. The number of methoxy groups -OCH3 is 1. The smallest absolute Gasteiger partial charge is 0.408 e. The lowest BCUT2D eigenvalue weighted by molar-refractivity contribution is -0.131. The number of alkyl carbamates (subject to hydrolysis) is 1. The summed E-state index contributed by atoms with van der Waals surface area (Å²) < 4.78 is 15.6. The molecule has 2 aromatic rings. The average Bonchev–Trinajstić information content (AvgIpc) is 2.88. The van der Waals surface area contributed by atoms with Gasteiger partial charge in [-0.25, -0.2) is 14.4 Å². The first-order chi connectivity index (χ1) is 18.9. The summed E-state index contributed by atoms with van der Waals surface area (Å²) in [6, 6.07) is 10.5. The highest BCUT2D eigenvalue weighted by Crippen LogP contribution is 2.28. The SMILES string of the molecule is COC(=O)c1c(O)cccc1OCCCCNC(=O)[C@H](Cc1ccc(/C=C\C(=O)O)cc1)NC(=O)OC(C)(C)C. The molecular formula is C29H36N2O9. The summed E-state index contributed by atoms with van der Waals surface area (Å²) >= 11 is 0. The summed E-state index contributed by atoms with van der Waals surface area (Å²) in [7, 11) is 1.21. The van der Waals surface area contributed by atoms with Gasteiger partial charge in [0.1, 0.15) is 28.7 Å². The van der Waals surface area contributed by atoms with Crippen molar-refractivity contribution in [2.45, 2.75) is 51.7 Å². The van der Waals surface area contributed by atoms with Crippen molar-refractivity contribution >= 4 is 30.0 Å². The van der Waals surface area contributed by atoms with Crippen LogP contribution in [-0.4, -0.2) is 66.1 Å². The fraction of sp³-hybridized carbons (Fsp3) is 0.379. The number of aromatic hydroxyl groups is 1. The molecule has 216 valence electrons. The predicted octanol–water partition coefficient (Wildman–Crippen LogP) is 3.69. The lowest BCUT2D eigenvalue weighted by Crippen LogP contribution is -2.49. The van der Waals surface area contributed by atoms with Crippen LogP contribution in [0.2, 0.25) is 0 Å². The van der Waals surface area contributed by atoms with Gasteiger partial charge in [0.2, 0.25) is 5.91 Å². The molecule has 0 spiro atoms. The van der Waals surface area contributed by atoms with Gasteiger partial charge in [0, 0.05) is 19.0 Å². The Morgan fingerprint density at radius 3 is 2.35 bits per heavy atom. The highest BCUT2D eigenvalue weighted by molar-refractivity contribution is 5.95. The molecule has 40 heavy (non-hydrogen) atoms. The molecule has 0 unspecified atom stereocenters. The molecule has 0 aromatic heterocycles. The van der Waals surface area contributed by atoms with Crippen LogP contribution in [0.1, 0.15) is 55.1 Å². The lowest BCUT2D eigenvalue weighted by atomic mass is 10.0. The molecule has 2 rings (SSSR count). The van der Waals surface area contributed by atoms with Crippen molar-refractivity contribution in [3.63, 3.8) is 0 Å². The Kier molecular flexibility index (Phi) is 12.0. The van der Waals surface area contributed by atoms with Crippen molar-refractivity contribution < 1.29 is 43.6 Å². The Labute approximate surface area is 233 Å². The predicted molar refractivity (Wildman–Crippen MR) is 147 cm³/mol. The van der Waals surface area contributed by atoms with Crippen LogP contribution in [0, 0.1) is 0 Å². The molecule has 0 aliphatic rings. The Morgan fingerprint density at radius 2 is 1.73 bits per heavy atom. The molecule has 0 aliphatic carbocycles. The number of nitrogens with one attached hydrogen (secondary N) is 2. The van der Waals surface area contributed by atoms with Crippen LogP contribution >= 0.6 is 0 Å². The zero-order valence-electron chi connectivity index (χ0n) is 23.1. The standard InChI is InChI=1S/C29H36N2O9/c1-29(2,3)40-28(37)31-21(18-20-12-10-19(11-13-20)14-15-24(33)34)26(35)30-16-5-6-17-39-23-9-7-8-22(32)25(23)27(36)38-4/h7-15,21,32H,5-6,16-18H2,1-4H3,(H,30,35)(H,31,37)(H,33,34)/b15-14-/t21-/m0/s1. The van der Waals surface area contributed by atoms with Crippen LogP contribution in [0.3, 0.4) is 0 Å². The van der Waals surface area contributed by atoms with E-state index in [2.05, 4.69) is 15.4 Å². The first kappa shape index (κ1) is 31.7. The van der Waals surface area contributed by atoms with Gasteiger partial charge in [0.05, 0.1) is 13.7 Å². The van der Waals surface area contributed by atoms with Gasteiger partial charge in [-0.3, -0.25) is 4.79 Å². The Bertz CT molecular complexity index is 1200. The summed E-state index contributed by atoms with van der Waals surface area (Å²) in [5.41, 5.74) is 0.635. The van der Waals surface area contributed by atoms with Gasteiger partial charge in [-0.05, 0) is 62.9 Å². The molecule has 0 aliphatic heterocycles. The van der Waals surface area contributed by atoms with E-state index in [4.69, 9.17) is 14.6 Å². The second-order valence-corrected chi connectivity index (χ2v) is 9.80. The minimum Gasteiger partial charge on any atom is -0.507 e. The first-order valence-electron chi connectivity index (χ1n) is 12.7. The fourth-order valence-electron chi connectivity index (χ4n) is 3.52. The van der Waals surface area contributed by atoms with Crippen LogP contribution in [0.25, 0.3) is 6.08 Å². The van der Waals surface area contributed by atoms with Crippen LogP contribution in [0.5, 0.6) is 11.5 Å². The van der Waals surface area contributed by atoms with Crippen molar-refractivity contribution in [2.75, 3.05) is 20.3 Å². The van der Waals surface area contributed by atoms with Gasteiger partial charge in [-0.15, -0.1) is 0 Å². The van der Waals surface area contributed by atoms with Crippen LogP contribution < -0.4 is 15.4 Å². The number of carbonyl (C=O) groups is 4. The molecule has 11 nitrogen and oxygen atoms in total. The monoisotopic (exact) mass is 556 g/mol. The minimum absolute atomic E-state index is 0.0553. The van der Waals surface area contributed by atoms with E-state index in [9.17, 15) is 24.3 Å². The second kappa shape index (κ2) is 15.2. The summed E-state index contributed by atoms with van der Waals surface area (Å²) in [5.74, 6) is -2.22. The maximum absolute atomic E-state index is 13.0. The van der Waals surface area contributed by atoms with Crippen LogP contribution in [0.15, 0.2) is 48.5 Å². The number of ether oxygens (including phenoxy) is 3. The van der Waals surface area contributed by atoms with E-state index in [0.29, 0.717) is 24.9 Å². The molecule has 0 saturated carbocycles. The van der Waals surface area contributed by atoms with E-state index in [1.807, 2.05) is 0 Å². The number of benzene rings is 2. The molecule has 1 atom stereocenters. The van der Waals surface area contributed by atoms with E-state index < -0.39 is 35.6 Å². The van der Waals surface area contributed by atoms with Gasteiger partial charge >= 0.3 is 18.0 Å². The maximum atomic E-state index is 13.0. The number of rotatable bonds is 13. The number of phenolic OH excluding ortho intramolecular Hbond substituents is 1. The van der Waals surface area contributed by atoms with Crippen molar-refractivity contribution in [1.82, 2.24) is 10.6 Å². The van der Waals surface area contributed by atoms with E-state index in [-0.39, 0.29) is 30.1 Å². The number of carboxylic acid groups (broad SMARTS) is 1. The van der Waals surface area contributed by atoms with Gasteiger partial charge in [0.15, 0.2) is 0 Å². The van der Waals surface area contributed by atoms with Crippen LogP contribution in [0.4, 0.5) is 4.79 Å². The zero-order chi connectivity index (χ0) is 29.7. The third-order valence-electron chi connectivity index (χ3n) is 5.37. The minimum atomic E-state index is -1.06. The number of unbranched alkanes of at least 4 members (excludes halogenated alkanes) is 1. The number of hydrogen-bond acceptors (Lipinski definition) is 8. The summed E-state index contributed by atoms with van der Waals surface area (Å²) in [6.45, 7) is 5.69. The third-order valence-corrected chi connectivity index (χ3v) is 5.37. The van der Waals surface area contributed by atoms with Gasteiger partial charge in [-0.1, -0.05) is 30.3 Å². The molecule has 0 radical (unpaired) electrons. The summed E-state index contributed by atoms with van der Waals surface area (Å²) in [4.78, 5) is 48.0. The van der Waals surface area contributed by atoms with Gasteiger partial charge in [-0.2, -0.15) is 0 Å². The number of aliphatic carboxylic acids is 1. The number of phenols is 1. The molecular weight excluding hydrogens is 520 g/mol.